The number of likely N-dealkylation sites (N-methyl/N-ethyl adjacent to an activating group) is 1. The summed E-state index contributed by atoms with van der Waals surface area (Å²) in [6, 6.07) is 8.76. The predicted octanol–water partition coefficient (Wildman–Crippen LogP) is 3.77. The normalized spacial score (nSPS) is 10.5. The number of amides is 2. The number of para-hydroxylation sites is 1. The molecule has 0 saturated carbocycles. The first kappa shape index (κ1) is 19.9. The third-order valence-corrected chi connectivity index (χ3v) is 4.81. The average molecular weight is 378 g/mol. The van der Waals surface area contributed by atoms with Gasteiger partial charge in [-0.15, -0.1) is 11.8 Å². The summed E-state index contributed by atoms with van der Waals surface area (Å²) < 4.78 is 26.7. The van der Waals surface area contributed by atoms with Crippen LogP contribution in [-0.2, 0) is 9.59 Å². The van der Waals surface area contributed by atoms with Crippen LogP contribution in [0.25, 0.3) is 0 Å². The van der Waals surface area contributed by atoms with E-state index in [4.69, 9.17) is 0 Å². The van der Waals surface area contributed by atoms with Gasteiger partial charge in [-0.1, -0.05) is 18.2 Å². The maximum atomic E-state index is 13.6. The highest BCUT2D eigenvalue weighted by Gasteiger charge is 2.16. The SMILES string of the molecule is Cc1cccc(C)c1NC(=O)CN(C)C(=O)CSc1cc(F)ccc1F. The van der Waals surface area contributed by atoms with Gasteiger partial charge in [0.05, 0.1) is 12.3 Å². The molecule has 2 aromatic rings. The Labute approximate surface area is 155 Å². The number of carbonyl (C=O) groups excluding carboxylic acids is 2. The van der Waals surface area contributed by atoms with Gasteiger partial charge in [-0.2, -0.15) is 0 Å². The molecule has 0 unspecified atom stereocenters. The van der Waals surface area contributed by atoms with Crippen LogP contribution in [0, 0.1) is 25.5 Å². The second-order valence-corrected chi connectivity index (χ2v) is 6.95. The number of anilines is 1. The number of hydrogen-bond donors (Lipinski definition) is 1. The van der Waals surface area contributed by atoms with Crippen molar-refractivity contribution < 1.29 is 18.4 Å². The fraction of sp³-hybridized carbons (Fsp3) is 0.263. The quantitative estimate of drug-likeness (QED) is 0.779. The molecular weight excluding hydrogens is 358 g/mol. The smallest absolute Gasteiger partial charge is 0.243 e. The molecule has 0 heterocycles. The Hall–Kier alpha value is -2.41. The van der Waals surface area contributed by atoms with Crippen LogP contribution in [-0.4, -0.2) is 36.1 Å². The molecule has 0 aromatic heterocycles. The molecule has 7 heteroatoms. The van der Waals surface area contributed by atoms with Gasteiger partial charge in [0.1, 0.15) is 11.6 Å². The highest BCUT2D eigenvalue weighted by molar-refractivity contribution is 8.00. The lowest BCUT2D eigenvalue weighted by Gasteiger charge is -2.18. The van der Waals surface area contributed by atoms with E-state index in [2.05, 4.69) is 5.32 Å². The Kier molecular flexibility index (Phi) is 6.74. The van der Waals surface area contributed by atoms with Gasteiger partial charge in [0.2, 0.25) is 11.8 Å². The molecule has 2 aromatic carbocycles. The van der Waals surface area contributed by atoms with Crippen LogP contribution >= 0.6 is 11.8 Å². The monoisotopic (exact) mass is 378 g/mol. The summed E-state index contributed by atoms with van der Waals surface area (Å²) in [5.41, 5.74) is 2.60. The molecule has 0 aliphatic carbocycles. The van der Waals surface area contributed by atoms with Crippen molar-refractivity contribution in [3.8, 4) is 0 Å². The zero-order valence-electron chi connectivity index (χ0n) is 14.8. The van der Waals surface area contributed by atoms with Gasteiger partial charge >= 0.3 is 0 Å². The Morgan fingerprint density at radius 1 is 1.12 bits per heavy atom. The van der Waals surface area contributed by atoms with Crippen molar-refractivity contribution in [3.63, 3.8) is 0 Å². The molecule has 1 N–H and O–H groups in total. The zero-order chi connectivity index (χ0) is 19.3. The van der Waals surface area contributed by atoms with E-state index in [0.29, 0.717) is 0 Å². The van der Waals surface area contributed by atoms with Gasteiger partial charge in [0.15, 0.2) is 0 Å². The van der Waals surface area contributed by atoms with Crippen molar-refractivity contribution in [2.45, 2.75) is 18.7 Å². The molecule has 0 atom stereocenters. The summed E-state index contributed by atoms with van der Waals surface area (Å²) >= 11 is 0.896. The first-order valence-corrected chi connectivity index (χ1v) is 8.94. The Morgan fingerprint density at radius 3 is 2.42 bits per heavy atom. The van der Waals surface area contributed by atoms with Gasteiger partial charge in [-0.3, -0.25) is 9.59 Å². The number of carbonyl (C=O) groups is 2. The molecule has 138 valence electrons. The summed E-state index contributed by atoms with van der Waals surface area (Å²) in [6.07, 6.45) is 0. The number of nitrogens with one attached hydrogen (secondary N) is 1. The molecule has 0 aliphatic heterocycles. The molecule has 0 saturated heterocycles. The van der Waals surface area contributed by atoms with Crippen LogP contribution in [0.15, 0.2) is 41.3 Å². The summed E-state index contributed by atoms with van der Waals surface area (Å²) in [4.78, 5) is 25.6. The number of thioether (sulfide) groups is 1. The highest BCUT2D eigenvalue weighted by atomic mass is 32.2. The highest BCUT2D eigenvalue weighted by Crippen LogP contribution is 2.23. The number of hydrogen-bond acceptors (Lipinski definition) is 3. The molecular formula is C19H20F2N2O2S. The van der Waals surface area contributed by atoms with Crippen molar-refractivity contribution in [1.29, 1.82) is 0 Å². The van der Waals surface area contributed by atoms with Crippen molar-refractivity contribution in [2.75, 3.05) is 24.7 Å². The largest absolute Gasteiger partial charge is 0.336 e. The van der Waals surface area contributed by atoms with Gasteiger partial charge in [-0.05, 0) is 43.2 Å². The topological polar surface area (TPSA) is 49.4 Å². The van der Waals surface area contributed by atoms with Crippen molar-refractivity contribution in [3.05, 3.63) is 59.2 Å². The number of aryl methyl sites for hydroxylation is 2. The van der Waals surface area contributed by atoms with E-state index < -0.39 is 11.6 Å². The molecule has 0 spiro atoms. The molecule has 0 aliphatic rings. The fourth-order valence-electron chi connectivity index (χ4n) is 2.33. The van der Waals surface area contributed by atoms with Crippen LogP contribution < -0.4 is 5.32 Å². The van der Waals surface area contributed by atoms with Gasteiger partial charge in [0.25, 0.3) is 0 Å². The summed E-state index contributed by atoms with van der Waals surface area (Å²) in [6.45, 7) is 3.65. The molecule has 26 heavy (non-hydrogen) atoms. The molecule has 2 rings (SSSR count). The Balaban J connectivity index is 1.90. The van der Waals surface area contributed by atoms with Crippen LogP contribution in [0.5, 0.6) is 0 Å². The fourth-order valence-corrected chi connectivity index (χ4v) is 3.23. The first-order valence-electron chi connectivity index (χ1n) is 7.96. The molecule has 0 fully saturated rings. The van der Waals surface area contributed by atoms with Crippen LogP contribution in [0.4, 0.5) is 14.5 Å². The van der Waals surface area contributed by atoms with E-state index in [0.717, 1.165) is 46.8 Å². The predicted molar refractivity (Wildman–Crippen MR) is 99.3 cm³/mol. The Bertz CT molecular complexity index is 807. The number of nitrogens with zero attached hydrogens (tertiary/aromatic N) is 1. The van der Waals surface area contributed by atoms with Gasteiger partial charge < -0.3 is 10.2 Å². The van der Waals surface area contributed by atoms with E-state index in [1.165, 1.54) is 11.9 Å². The molecule has 4 nitrogen and oxygen atoms in total. The summed E-state index contributed by atoms with van der Waals surface area (Å²) in [5.74, 6) is -1.91. The van der Waals surface area contributed by atoms with E-state index in [1.54, 1.807) is 0 Å². The number of rotatable bonds is 6. The lowest BCUT2D eigenvalue weighted by Crippen LogP contribution is -2.36. The van der Waals surface area contributed by atoms with E-state index in [-0.39, 0.29) is 29.0 Å². The minimum Gasteiger partial charge on any atom is -0.336 e. The minimum absolute atomic E-state index is 0.0618. The van der Waals surface area contributed by atoms with Crippen molar-refractivity contribution in [2.24, 2.45) is 0 Å². The molecule has 0 bridgehead atoms. The minimum atomic E-state index is -0.584. The van der Waals surface area contributed by atoms with E-state index >= 15 is 0 Å². The maximum Gasteiger partial charge on any atom is 0.243 e. The standard InChI is InChI=1S/C19H20F2N2O2S/c1-12-5-4-6-13(2)19(12)22-17(24)10-23(3)18(25)11-26-16-9-14(20)7-8-15(16)21/h4-9H,10-11H2,1-3H3,(H,22,24). The lowest BCUT2D eigenvalue weighted by molar-refractivity contribution is -0.131. The third kappa shape index (κ3) is 5.29. The third-order valence-electron chi connectivity index (χ3n) is 3.80. The van der Waals surface area contributed by atoms with E-state index in [1.807, 2.05) is 32.0 Å². The first-order chi connectivity index (χ1) is 12.3. The molecule has 0 radical (unpaired) electrons. The zero-order valence-corrected chi connectivity index (χ0v) is 15.6. The second-order valence-electron chi connectivity index (χ2n) is 5.93. The van der Waals surface area contributed by atoms with Crippen LogP contribution in [0.1, 0.15) is 11.1 Å². The Morgan fingerprint density at radius 2 is 1.77 bits per heavy atom. The summed E-state index contributed by atoms with van der Waals surface area (Å²) in [5, 5.41) is 2.81. The summed E-state index contributed by atoms with van der Waals surface area (Å²) in [7, 11) is 1.50. The second kappa shape index (κ2) is 8.80. The number of halogens is 2. The molecule has 2 amide bonds. The lowest BCUT2D eigenvalue weighted by atomic mass is 10.1. The van der Waals surface area contributed by atoms with Gasteiger partial charge in [-0.25, -0.2) is 8.78 Å². The van der Waals surface area contributed by atoms with Crippen molar-refractivity contribution >= 4 is 29.3 Å². The van der Waals surface area contributed by atoms with E-state index in [9.17, 15) is 18.4 Å². The van der Waals surface area contributed by atoms with Crippen molar-refractivity contribution in [1.82, 2.24) is 4.90 Å². The maximum absolute atomic E-state index is 13.6. The van der Waals surface area contributed by atoms with Crippen LogP contribution in [0.2, 0.25) is 0 Å². The number of benzene rings is 2. The van der Waals surface area contributed by atoms with Crippen LogP contribution in [0.3, 0.4) is 0 Å². The average Bonchev–Trinajstić information content (AvgIpc) is 2.58. The van der Waals surface area contributed by atoms with Gasteiger partial charge in [0, 0.05) is 17.6 Å².